The minimum absolute atomic E-state index is 0.0943. The number of aldehydes is 1. The summed E-state index contributed by atoms with van der Waals surface area (Å²) >= 11 is 0. The Labute approximate surface area is 105 Å². The lowest BCUT2D eigenvalue weighted by molar-refractivity contribution is 0.0145. The minimum atomic E-state index is -1.26. The second kappa shape index (κ2) is 6.34. The SMILES string of the molecule is COc1cc(C(O)C(O)CCN)c(C=O)cc1O. The Morgan fingerprint density at radius 2 is 2.11 bits per heavy atom. The van der Waals surface area contributed by atoms with E-state index in [0.717, 1.165) is 0 Å². The molecular weight excluding hydrogens is 238 g/mol. The van der Waals surface area contributed by atoms with Crippen LogP contribution in [0.25, 0.3) is 0 Å². The predicted octanol–water partition coefficient (Wildman–Crippen LogP) is -0.0436. The molecule has 100 valence electrons. The lowest BCUT2D eigenvalue weighted by atomic mass is 9.97. The normalized spacial score (nSPS) is 14.0. The Morgan fingerprint density at radius 1 is 1.44 bits per heavy atom. The van der Waals surface area contributed by atoms with Gasteiger partial charge in [0, 0.05) is 5.56 Å². The lowest BCUT2D eigenvalue weighted by Crippen LogP contribution is -2.22. The zero-order valence-electron chi connectivity index (χ0n) is 10.0. The third kappa shape index (κ3) is 2.98. The zero-order valence-corrected chi connectivity index (χ0v) is 10.0. The van der Waals surface area contributed by atoms with Gasteiger partial charge >= 0.3 is 0 Å². The van der Waals surface area contributed by atoms with Gasteiger partial charge < -0.3 is 25.8 Å². The van der Waals surface area contributed by atoms with Gasteiger partial charge in [-0.05, 0) is 30.7 Å². The van der Waals surface area contributed by atoms with Crippen LogP contribution in [0, 0.1) is 0 Å². The van der Waals surface area contributed by atoms with E-state index in [2.05, 4.69) is 0 Å². The summed E-state index contributed by atoms with van der Waals surface area (Å²) in [4.78, 5) is 10.9. The summed E-state index contributed by atoms with van der Waals surface area (Å²) in [5, 5.41) is 29.1. The molecule has 1 aromatic carbocycles. The molecule has 0 aliphatic rings. The van der Waals surface area contributed by atoms with Gasteiger partial charge in [0.1, 0.15) is 6.10 Å². The van der Waals surface area contributed by atoms with Gasteiger partial charge in [-0.2, -0.15) is 0 Å². The highest BCUT2D eigenvalue weighted by Gasteiger charge is 2.22. The fourth-order valence-electron chi connectivity index (χ4n) is 1.66. The molecule has 6 nitrogen and oxygen atoms in total. The van der Waals surface area contributed by atoms with E-state index in [0.29, 0.717) is 6.29 Å². The molecule has 6 heteroatoms. The van der Waals surface area contributed by atoms with E-state index < -0.39 is 12.2 Å². The standard InChI is InChI=1S/C12H17NO5/c1-18-11-5-8(7(6-14)4-10(11)16)12(17)9(15)2-3-13/h4-6,9,12,15-17H,2-3,13H2,1H3. The van der Waals surface area contributed by atoms with Crippen molar-refractivity contribution in [1.29, 1.82) is 0 Å². The summed E-state index contributed by atoms with van der Waals surface area (Å²) < 4.78 is 4.89. The first kappa shape index (κ1) is 14.4. The van der Waals surface area contributed by atoms with Crippen LogP contribution in [0.2, 0.25) is 0 Å². The number of ether oxygens (including phenoxy) is 1. The number of carbonyl (C=O) groups excluding carboxylic acids is 1. The van der Waals surface area contributed by atoms with Crippen molar-refractivity contribution in [1.82, 2.24) is 0 Å². The number of aliphatic hydroxyl groups is 2. The van der Waals surface area contributed by atoms with Crippen LogP contribution in [-0.2, 0) is 0 Å². The number of phenols is 1. The van der Waals surface area contributed by atoms with Crippen molar-refractivity contribution < 1.29 is 24.9 Å². The lowest BCUT2D eigenvalue weighted by Gasteiger charge is -2.20. The Balaban J connectivity index is 3.16. The highest BCUT2D eigenvalue weighted by Crippen LogP contribution is 2.33. The van der Waals surface area contributed by atoms with Crippen LogP contribution in [0.1, 0.15) is 28.4 Å². The van der Waals surface area contributed by atoms with Crippen molar-refractivity contribution in [3.05, 3.63) is 23.3 Å². The number of aromatic hydroxyl groups is 1. The molecule has 0 aliphatic carbocycles. The van der Waals surface area contributed by atoms with Crippen molar-refractivity contribution >= 4 is 6.29 Å². The summed E-state index contributed by atoms with van der Waals surface area (Å²) in [6.07, 6.45) is -1.65. The quantitative estimate of drug-likeness (QED) is 0.530. The molecule has 0 aliphatic heterocycles. The first-order chi connectivity index (χ1) is 8.54. The average molecular weight is 255 g/mol. The van der Waals surface area contributed by atoms with Crippen LogP contribution in [0.15, 0.2) is 12.1 Å². The Hall–Kier alpha value is -1.63. The molecule has 2 unspecified atom stereocenters. The monoisotopic (exact) mass is 255 g/mol. The number of benzene rings is 1. The third-order valence-electron chi connectivity index (χ3n) is 2.66. The van der Waals surface area contributed by atoms with Gasteiger partial charge in [-0.25, -0.2) is 0 Å². The molecule has 0 spiro atoms. The number of methoxy groups -OCH3 is 1. The molecule has 2 atom stereocenters. The van der Waals surface area contributed by atoms with Crippen molar-refractivity contribution in [2.75, 3.05) is 13.7 Å². The van der Waals surface area contributed by atoms with Crippen molar-refractivity contribution in [3.8, 4) is 11.5 Å². The van der Waals surface area contributed by atoms with Crippen molar-refractivity contribution in [2.24, 2.45) is 5.73 Å². The molecule has 0 fully saturated rings. The van der Waals surface area contributed by atoms with Crippen LogP contribution in [0.5, 0.6) is 11.5 Å². The molecule has 0 aromatic heterocycles. The first-order valence-corrected chi connectivity index (χ1v) is 5.47. The number of rotatable bonds is 6. The van der Waals surface area contributed by atoms with E-state index in [-0.39, 0.29) is 35.6 Å². The molecule has 0 heterocycles. The zero-order chi connectivity index (χ0) is 13.7. The summed E-state index contributed by atoms with van der Waals surface area (Å²) in [7, 11) is 1.35. The van der Waals surface area contributed by atoms with Gasteiger partial charge in [-0.3, -0.25) is 4.79 Å². The highest BCUT2D eigenvalue weighted by atomic mass is 16.5. The van der Waals surface area contributed by atoms with Crippen LogP contribution in [-0.4, -0.2) is 41.4 Å². The number of nitrogens with two attached hydrogens (primary N) is 1. The van der Waals surface area contributed by atoms with Crippen LogP contribution in [0.3, 0.4) is 0 Å². The fourth-order valence-corrected chi connectivity index (χ4v) is 1.66. The van der Waals surface area contributed by atoms with Crippen LogP contribution in [0.4, 0.5) is 0 Å². The molecular formula is C12H17NO5. The highest BCUT2D eigenvalue weighted by molar-refractivity contribution is 5.79. The maximum atomic E-state index is 10.9. The number of hydrogen-bond donors (Lipinski definition) is 4. The van der Waals surface area contributed by atoms with Crippen LogP contribution >= 0.6 is 0 Å². The van der Waals surface area contributed by atoms with E-state index >= 15 is 0 Å². The van der Waals surface area contributed by atoms with Gasteiger partial charge in [0.2, 0.25) is 0 Å². The van der Waals surface area contributed by atoms with Gasteiger partial charge in [0.05, 0.1) is 13.2 Å². The van der Waals surface area contributed by atoms with Gasteiger partial charge in [0.25, 0.3) is 0 Å². The minimum Gasteiger partial charge on any atom is -0.504 e. The van der Waals surface area contributed by atoms with Gasteiger partial charge in [0.15, 0.2) is 17.8 Å². The second-order valence-electron chi connectivity index (χ2n) is 3.86. The van der Waals surface area contributed by atoms with E-state index in [1.54, 1.807) is 0 Å². The molecule has 5 N–H and O–H groups in total. The number of aliphatic hydroxyl groups excluding tert-OH is 2. The van der Waals surface area contributed by atoms with E-state index in [1.807, 2.05) is 0 Å². The van der Waals surface area contributed by atoms with Gasteiger partial charge in [-0.15, -0.1) is 0 Å². The average Bonchev–Trinajstić information content (AvgIpc) is 2.37. The second-order valence-corrected chi connectivity index (χ2v) is 3.86. The molecule has 0 bridgehead atoms. The van der Waals surface area contributed by atoms with E-state index in [4.69, 9.17) is 10.5 Å². The molecule has 0 amide bonds. The van der Waals surface area contributed by atoms with Crippen molar-refractivity contribution in [3.63, 3.8) is 0 Å². The van der Waals surface area contributed by atoms with Gasteiger partial charge in [-0.1, -0.05) is 0 Å². The third-order valence-corrected chi connectivity index (χ3v) is 2.66. The smallest absolute Gasteiger partial charge is 0.160 e. The number of phenolic OH excluding ortho intramolecular Hbond substituents is 1. The first-order valence-electron chi connectivity index (χ1n) is 5.47. The van der Waals surface area contributed by atoms with Crippen LogP contribution < -0.4 is 10.5 Å². The topological polar surface area (TPSA) is 113 Å². The Morgan fingerprint density at radius 3 is 2.61 bits per heavy atom. The number of carbonyl (C=O) groups is 1. The molecule has 0 saturated heterocycles. The summed E-state index contributed by atoms with van der Waals surface area (Å²) in [5.41, 5.74) is 5.58. The Kier molecular flexibility index (Phi) is 5.08. The van der Waals surface area contributed by atoms with E-state index in [9.17, 15) is 20.1 Å². The molecule has 1 aromatic rings. The molecule has 0 radical (unpaired) electrons. The largest absolute Gasteiger partial charge is 0.504 e. The maximum absolute atomic E-state index is 10.9. The summed E-state index contributed by atoms with van der Waals surface area (Å²) in [6, 6.07) is 2.50. The fraction of sp³-hybridized carbons (Fsp3) is 0.417. The predicted molar refractivity (Wildman–Crippen MR) is 64.7 cm³/mol. The van der Waals surface area contributed by atoms with E-state index in [1.165, 1.54) is 19.2 Å². The molecule has 1 rings (SSSR count). The molecule has 0 saturated carbocycles. The summed E-state index contributed by atoms with van der Waals surface area (Å²) in [6.45, 7) is 0.212. The molecule has 18 heavy (non-hydrogen) atoms. The summed E-state index contributed by atoms with van der Waals surface area (Å²) in [5.74, 6) is -0.0848. The number of hydrogen-bond acceptors (Lipinski definition) is 6. The maximum Gasteiger partial charge on any atom is 0.160 e. The van der Waals surface area contributed by atoms with Crippen molar-refractivity contribution in [2.45, 2.75) is 18.6 Å². The Bertz CT molecular complexity index is 421.